The maximum Gasteiger partial charge on any atom is 0.227 e. The lowest BCUT2D eigenvalue weighted by Crippen LogP contribution is -2.46. The van der Waals surface area contributed by atoms with Crippen molar-refractivity contribution in [2.75, 3.05) is 13.1 Å². The zero-order valence-electron chi connectivity index (χ0n) is 11.7. The van der Waals surface area contributed by atoms with Crippen molar-refractivity contribution in [1.29, 1.82) is 0 Å². The Bertz CT molecular complexity index is 448. The monoisotopic (exact) mass is 282 g/mol. The average Bonchev–Trinajstić information content (AvgIpc) is 2.34. The van der Waals surface area contributed by atoms with Crippen LogP contribution in [0.15, 0.2) is 18.2 Å². The van der Waals surface area contributed by atoms with Gasteiger partial charge in [0.1, 0.15) is 0 Å². The molecule has 106 valence electrons. The van der Waals surface area contributed by atoms with Gasteiger partial charge in [-0.3, -0.25) is 4.79 Å². The van der Waals surface area contributed by atoms with Gasteiger partial charge in [-0.2, -0.15) is 0 Å². The second kappa shape index (κ2) is 6.92. The molecule has 0 aliphatic carbocycles. The van der Waals surface area contributed by atoms with Crippen LogP contribution in [-0.4, -0.2) is 29.9 Å². The van der Waals surface area contributed by atoms with E-state index in [1.807, 2.05) is 4.90 Å². The summed E-state index contributed by atoms with van der Waals surface area (Å²) in [4.78, 5) is 14.2. The summed E-state index contributed by atoms with van der Waals surface area (Å²) in [6.07, 6.45) is 2.56. The Morgan fingerprint density at radius 3 is 2.84 bits per heavy atom. The van der Waals surface area contributed by atoms with E-state index in [2.05, 4.69) is 32.0 Å². The highest BCUT2D eigenvalue weighted by Crippen LogP contribution is 2.15. The van der Waals surface area contributed by atoms with Gasteiger partial charge in [-0.1, -0.05) is 23.8 Å². The Labute approximate surface area is 121 Å². The van der Waals surface area contributed by atoms with E-state index in [1.165, 1.54) is 11.1 Å². The van der Waals surface area contributed by atoms with Crippen molar-refractivity contribution in [2.24, 2.45) is 5.73 Å². The van der Waals surface area contributed by atoms with Crippen molar-refractivity contribution < 1.29 is 4.79 Å². The zero-order valence-corrected chi connectivity index (χ0v) is 12.5. The fourth-order valence-corrected chi connectivity index (χ4v) is 2.50. The fraction of sp³-hybridized carbons (Fsp3) is 0.533. The van der Waals surface area contributed by atoms with Gasteiger partial charge in [0.25, 0.3) is 0 Å². The van der Waals surface area contributed by atoms with Crippen LogP contribution in [0.25, 0.3) is 0 Å². The number of benzene rings is 1. The van der Waals surface area contributed by atoms with Gasteiger partial charge in [0.15, 0.2) is 0 Å². The molecule has 1 amide bonds. The summed E-state index contributed by atoms with van der Waals surface area (Å²) in [6, 6.07) is 6.43. The van der Waals surface area contributed by atoms with Crippen molar-refractivity contribution in [2.45, 2.75) is 39.2 Å². The van der Waals surface area contributed by atoms with Gasteiger partial charge >= 0.3 is 0 Å². The molecule has 2 rings (SSSR count). The first-order valence-electron chi connectivity index (χ1n) is 6.66. The van der Waals surface area contributed by atoms with E-state index in [9.17, 15) is 4.79 Å². The van der Waals surface area contributed by atoms with Crippen LogP contribution in [0, 0.1) is 13.8 Å². The zero-order chi connectivity index (χ0) is 13.1. The largest absolute Gasteiger partial charge is 0.341 e. The van der Waals surface area contributed by atoms with Gasteiger partial charge in [0, 0.05) is 19.1 Å². The Morgan fingerprint density at radius 1 is 1.42 bits per heavy atom. The Balaban J connectivity index is 0.00000180. The Morgan fingerprint density at radius 2 is 2.16 bits per heavy atom. The van der Waals surface area contributed by atoms with Gasteiger partial charge < -0.3 is 10.6 Å². The molecule has 1 atom stereocenters. The van der Waals surface area contributed by atoms with Crippen LogP contribution in [0.1, 0.15) is 29.5 Å². The first-order valence-corrected chi connectivity index (χ1v) is 6.66. The number of piperidine rings is 1. The summed E-state index contributed by atoms with van der Waals surface area (Å²) in [5.41, 5.74) is 9.45. The van der Waals surface area contributed by atoms with E-state index in [0.717, 1.165) is 24.9 Å². The third-order valence-electron chi connectivity index (χ3n) is 3.66. The van der Waals surface area contributed by atoms with Crippen LogP contribution in [0.5, 0.6) is 0 Å². The van der Waals surface area contributed by atoms with E-state index in [4.69, 9.17) is 5.73 Å². The second-order valence-corrected chi connectivity index (χ2v) is 5.35. The predicted octanol–water partition coefficient (Wildman–Crippen LogP) is 2.22. The number of likely N-dealkylation sites (tertiary alicyclic amines) is 1. The fourth-order valence-electron chi connectivity index (χ4n) is 2.50. The molecule has 3 nitrogen and oxygen atoms in total. The van der Waals surface area contributed by atoms with Crippen molar-refractivity contribution in [3.63, 3.8) is 0 Å². The summed E-state index contributed by atoms with van der Waals surface area (Å²) in [7, 11) is 0. The molecular weight excluding hydrogens is 260 g/mol. The number of nitrogens with two attached hydrogens (primary N) is 1. The summed E-state index contributed by atoms with van der Waals surface area (Å²) in [5, 5.41) is 0. The summed E-state index contributed by atoms with van der Waals surface area (Å²) in [6.45, 7) is 5.69. The highest BCUT2D eigenvalue weighted by molar-refractivity contribution is 5.85. The molecule has 2 N–H and O–H groups in total. The van der Waals surface area contributed by atoms with Crippen molar-refractivity contribution in [3.8, 4) is 0 Å². The van der Waals surface area contributed by atoms with Gasteiger partial charge in [-0.05, 0) is 37.8 Å². The number of nitrogens with zero attached hydrogens (tertiary/aromatic N) is 1. The highest BCUT2D eigenvalue weighted by Gasteiger charge is 2.21. The molecule has 1 aliphatic heterocycles. The smallest absolute Gasteiger partial charge is 0.227 e. The lowest BCUT2D eigenvalue weighted by molar-refractivity contribution is -0.131. The van der Waals surface area contributed by atoms with E-state index >= 15 is 0 Å². The summed E-state index contributed by atoms with van der Waals surface area (Å²) >= 11 is 0. The molecule has 4 heteroatoms. The molecule has 0 saturated carbocycles. The molecule has 0 unspecified atom stereocenters. The minimum atomic E-state index is 0. The maximum absolute atomic E-state index is 12.2. The topological polar surface area (TPSA) is 46.3 Å². The van der Waals surface area contributed by atoms with E-state index in [1.54, 1.807) is 0 Å². The molecule has 1 aromatic rings. The molecule has 1 heterocycles. The molecular formula is C15H23ClN2O. The van der Waals surface area contributed by atoms with Crippen LogP contribution in [0.4, 0.5) is 0 Å². The number of rotatable bonds is 2. The standard InChI is InChI=1S/C15H22N2O.ClH/c1-11-5-6-12(2)13(8-11)9-15(18)17-7-3-4-14(16)10-17;/h5-6,8,14H,3-4,7,9-10,16H2,1-2H3;1H/t14-;/m1./s1. The van der Waals surface area contributed by atoms with Crippen LogP contribution in [-0.2, 0) is 11.2 Å². The molecule has 0 bridgehead atoms. The van der Waals surface area contributed by atoms with Crippen molar-refractivity contribution >= 4 is 18.3 Å². The summed E-state index contributed by atoms with van der Waals surface area (Å²) in [5.74, 6) is 0.207. The number of amides is 1. The maximum atomic E-state index is 12.2. The van der Waals surface area contributed by atoms with Gasteiger partial charge in [-0.25, -0.2) is 0 Å². The summed E-state index contributed by atoms with van der Waals surface area (Å²) < 4.78 is 0. The third-order valence-corrected chi connectivity index (χ3v) is 3.66. The lowest BCUT2D eigenvalue weighted by atomic mass is 10.0. The Hall–Kier alpha value is -1.06. The number of hydrogen-bond acceptors (Lipinski definition) is 2. The number of aryl methyl sites for hydroxylation is 2. The van der Waals surface area contributed by atoms with Crippen LogP contribution in [0.2, 0.25) is 0 Å². The lowest BCUT2D eigenvalue weighted by Gasteiger charge is -2.31. The number of carbonyl (C=O) groups is 1. The molecule has 19 heavy (non-hydrogen) atoms. The minimum absolute atomic E-state index is 0. The average molecular weight is 283 g/mol. The second-order valence-electron chi connectivity index (χ2n) is 5.35. The molecule has 0 aromatic heterocycles. The number of hydrogen-bond donors (Lipinski definition) is 1. The molecule has 0 radical (unpaired) electrons. The van der Waals surface area contributed by atoms with E-state index < -0.39 is 0 Å². The quantitative estimate of drug-likeness (QED) is 0.904. The van der Waals surface area contributed by atoms with Gasteiger partial charge in [-0.15, -0.1) is 12.4 Å². The Kier molecular flexibility index (Phi) is 5.83. The highest BCUT2D eigenvalue weighted by atomic mass is 35.5. The number of carbonyl (C=O) groups excluding carboxylic acids is 1. The first kappa shape index (κ1) is 16.0. The molecule has 1 aliphatic rings. The molecule has 0 spiro atoms. The molecule has 1 saturated heterocycles. The van der Waals surface area contributed by atoms with Crippen LogP contribution >= 0.6 is 12.4 Å². The molecule has 1 aromatic carbocycles. The van der Waals surface area contributed by atoms with Gasteiger partial charge in [0.05, 0.1) is 6.42 Å². The van der Waals surface area contributed by atoms with Crippen molar-refractivity contribution in [3.05, 3.63) is 34.9 Å². The van der Waals surface area contributed by atoms with E-state index in [0.29, 0.717) is 13.0 Å². The predicted molar refractivity (Wildman–Crippen MR) is 80.7 cm³/mol. The first-order chi connectivity index (χ1) is 8.56. The molecule has 1 fully saturated rings. The van der Waals surface area contributed by atoms with Gasteiger partial charge in [0.2, 0.25) is 5.91 Å². The van der Waals surface area contributed by atoms with E-state index in [-0.39, 0.29) is 24.4 Å². The SMILES string of the molecule is Cc1ccc(C)c(CC(=O)N2CCC[C@@H](N)C2)c1.Cl. The number of halogens is 1. The normalized spacial score (nSPS) is 18.9. The minimum Gasteiger partial charge on any atom is -0.341 e. The third kappa shape index (κ3) is 4.22. The van der Waals surface area contributed by atoms with Crippen LogP contribution in [0.3, 0.4) is 0 Å². The van der Waals surface area contributed by atoms with Crippen LogP contribution < -0.4 is 5.73 Å². The van der Waals surface area contributed by atoms with Crippen molar-refractivity contribution in [1.82, 2.24) is 4.90 Å².